The van der Waals surface area contributed by atoms with Gasteiger partial charge < -0.3 is 5.32 Å². The van der Waals surface area contributed by atoms with Gasteiger partial charge in [0.05, 0.1) is 0 Å². The number of hydrogen-bond donors (Lipinski definition) is 1. The van der Waals surface area contributed by atoms with Gasteiger partial charge in [0, 0.05) is 29.4 Å². The van der Waals surface area contributed by atoms with Crippen molar-refractivity contribution in [2.24, 2.45) is 0 Å². The number of halogens is 2. The van der Waals surface area contributed by atoms with E-state index in [1.807, 2.05) is 0 Å². The Balaban J connectivity index is 1.88. The van der Waals surface area contributed by atoms with E-state index in [1.54, 1.807) is 24.3 Å². The van der Waals surface area contributed by atoms with E-state index in [9.17, 15) is 17.6 Å². The van der Waals surface area contributed by atoms with Crippen LogP contribution in [0.5, 0.6) is 0 Å². The lowest BCUT2D eigenvalue weighted by atomic mass is 10.2. The molecule has 1 amide bonds. The van der Waals surface area contributed by atoms with E-state index < -0.39 is 26.6 Å². The van der Waals surface area contributed by atoms with Gasteiger partial charge in [-0.3, -0.25) is 4.79 Å². The lowest BCUT2D eigenvalue weighted by Crippen LogP contribution is -2.29. The highest BCUT2D eigenvalue weighted by Crippen LogP contribution is 2.24. The van der Waals surface area contributed by atoms with Crippen LogP contribution in [0, 0.1) is 5.82 Å². The van der Waals surface area contributed by atoms with Gasteiger partial charge >= 0.3 is 0 Å². The first-order valence-corrected chi connectivity index (χ1v) is 9.56. The van der Waals surface area contributed by atoms with Gasteiger partial charge in [-0.2, -0.15) is 4.31 Å². The monoisotopic (exact) mass is 382 g/mol. The third-order valence-electron chi connectivity index (χ3n) is 3.98. The highest BCUT2D eigenvalue weighted by molar-refractivity contribution is 7.89. The number of sulfonamides is 1. The molecule has 0 radical (unpaired) electrons. The first-order chi connectivity index (χ1) is 11.9. The number of nitrogens with zero attached hydrogens (tertiary/aromatic N) is 1. The number of hydrogen-bond acceptors (Lipinski definition) is 3. The van der Waals surface area contributed by atoms with E-state index in [4.69, 9.17) is 11.6 Å². The van der Waals surface area contributed by atoms with Crippen molar-refractivity contribution >= 4 is 33.2 Å². The number of carbonyl (C=O) groups is 1. The number of nitrogens with one attached hydrogen (secondary N) is 1. The Morgan fingerprint density at radius 2 is 1.72 bits per heavy atom. The molecule has 1 aliphatic heterocycles. The number of rotatable bonds is 4. The molecule has 1 saturated heterocycles. The maximum Gasteiger partial charge on any atom is 0.255 e. The third-order valence-corrected chi connectivity index (χ3v) is 6.14. The predicted molar refractivity (Wildman–Crippen MR) is 93.8 cm³/mol. The lowest BCUT2D eigenvalue weighted by molar-refractivity contribution is 0.102. The van der Waals surface area contributed by atoms with Crippen LogP contribution < -0.4 is 5.32 Å². The second-order valence-corrected chi connectivity index (χ2v) is 8.06. The predicted octanol–water partition coefficient (Wildman–Crippen LogP) is 3.52. The van der Waals surface area contributed by atoms with Gasteiger partial charge in [-0.25, -0.2) is 12.8 Å². The number of amides is 1. The van der Waals surface area contributed by atoms with E-state index in [2.05, 4.69) is 5.32 Å². The summed E-state index contributed by atoms with van der Waals surface area (Å²) in [4.78, 5) is 11.9. The van der Waals surface area contributed by atoms with Crippen molar-refractivity contribution in [3.05, 3.63) is 58.9 Å². The average Bonchev–Trinajstić information content (AvgIpc) is 3.12. The van der Waals surface area contributed by atoms with Gasteiger partial charge in [-0.1, -0.05) is 11.6 Å². The standard InChI is InChI=1S/C17H16ClFN2O3S/c18-13-4-6-14(7-5-13)20-17(22)12-3-8-15(19)16(11-12)25(23,24)21-9-1-2-10-21/h3-8,11H,1-2,9-10H2,(H,20,22). The van der Waals surface area contributed by atoms with Crippen LogP contribution in [-0.4, -0.2) is 31.7 Å². The second-order valence-electron chi connectivity index (χ2n) is 5.72. The van der Waals surface area contributed by atoms with Crippen LogP contribution in [0.4, 0.5) is 10.1 Å². The van der Waals surface area contributed by atoms with Crippen LogP contribution in [0.2, 0.25) is 5.02 Å². The van der Waals surface area contributed by atoms with Crippen LogP contribution in [0.3, 0.4) is 0 Å². The van der Waals surface area contributed by atoms with Gasteiger partial charge in [0.15, 0.2) is 0 Å². The molecule has 1 heterocycles. The molecule has 5 nitrogen and oxygen atoms in total. The van der Waals surface area contributed by atoms with Crippen molar-refractivity contribution in [1.29, 1.82) is 0 Å². The summed E-state index contributed by atoms with van der Waals surface area (Å²) in [5.74, 6) is -1.39. The second kappa shape index (κ2) is 7.11. The Morgan fingerprint density at radius 1 is 1.08 bits per heavy atom. The summed E-state index contributed by atoms with van der Waals surface area (Å²) in [5, 5.41) is 3.15. The highest BCUT2D eigenvalue weighted by atomic mass is 35.5. The number of benzene rings is 2. The average molecular weight is 383 g/mol. The van der Waals surface area contributed by atoms with Crippen LogP contribution in [0.25, 0.3) is 0 Å². The van der Waals surface area contributed by atoms with Gasteiger partial charge in [0.2, 0.25) is 10.0 Å². The molecule has 2 aromatic rings. The molecule has 0 atom stereocenters. The molecule has 0 unspecified atom stereocenters. The quantitative estimate of drug-likeness (QED) is 0.879. The minimum atomic E-state index is -3.94. The molecule has 2 aromatic carbocycles. The smallest absolute Gasteiger partial charge is 0.255 e. The first-order valence-electron chi connectivity index (χ1n) is 7.74. The topological polar surface area (TPSA) is 66.5 Å². The zero-order valence-corrected chi connectivity index (χ0v) is 14.8. The van der Waals surface area contributed by atoms with E-state index in [1.165, 1.54) is 10.4 Å². The largest absolute Gasteiger partial charge is 0.322 e. The van der Waals surface area contributed by atoms with Crippen LogP contribution in [-0.2, 0) is 10.0 Å². The molecule has 8 heteroatoms. The van der Waals surface area contributed by atoms with Crippen LogP contribution in [0.15, 0.2) is 47.4 Å². The summed E-state index contributed by atoms with van der Waals surface area (Å²) in [6, 6.07) is 9.80. The zero-order chi connectivity index (χ0) is 18.0. The van der Waals surface area contributed by atoms with Gasteiger partial charge in [0.25, 0.3) is 5.91 Å². The summed E-state index contributed by atoms with van der Waals surface area (Å²) in [6.07, 6.45) is 1.50. The van der Waals surface area contributed by atoms with Gasteiger partial charge in [-0.05, 0) is 55.3 Å². The Hall–Kier alpha value is -1.96. The SMILES string of the molecule is O=C(Nc1ccc(Cl)cc1)c1ccc(F)c(S(=O)(=O)N2CCCC2)c1. The molecule has 0 spiro atoms. The fourth-order valence-electron chi connectivity index (χ4n) is 2.65. The van der Waals surface area contributed by atoms with Crippen molar-refractivity contribution in [2.45, 2.75) is 17.7 Å². The van der Waals surface area contributed by atoms with Crippen molar-refractivity contribution in [3.8, 4) is 0 Å². The molecule has 0 aromatic heterocycles. The molecule has 132 valence electrons. The van der Waals surface area contributed by atoms with E-state index in [0.717, 1.165) is 25.0 Å². The van der Waals surface area contributed by atoms with Gasteiger partial charge in [-0.15, -0.1) is 0 Å². The normalized spacial score (nSPS) is 15.3. The Bertz CT molecular complexity index is 895. The maximum absolute atomic E-state index is 14.1. The summed E-state index contributed by atoms with van der Waals surface area (Å²) in [5.41, 5.74) is 0.566. The molecular formula is C17H16ClFN2O3S. The molecule has 25 heavy (non-hydrogen) atoms. The molecule has 1 aliphatic rings. The minimum Gasteiger partial charge on any atom is -0.322 e. The molecule has 1 fully saturated rings. The molecule has 1 N–H and O–H groups in total. The Kier molecular flexibility index (Phi) is 5.08. The fraction of sp³-hybridized carbons (Fsp3) is 0.235. The fourth-order valence-corrected chi connectivity index (χ4v) is 4.38. The minimum absolute atomic E-state index is 0.0640. The lowest BCUT2D eigenvalue weighted by Gasteiger charge is -2.16. The first kappa shape index (κ1) is 17.8. The van der Waals surface area contributed by atoms with Crippen molar-refractivity contribution in [3.63, 3.8) is 0 Å². The number of anilines is 1. The molecule has 0 saturated carbocycles. The molecule has 0 bridgehead atoms. The van der Waals surface area contributed by atoms with E-state index in [-0.39, 0.29) is 5.56 Å². The maximum atomic E-state index is 14.1. The molecule has 3 rings (SSSR count). The van der Waals surface area contributed by atoms with Gasteiger partial charge in [0.1, 0.15) is 10.7 Å². The summed E-state index contributed by atoms with van der Waals surface area (Å²) < 4.78 is 40.5. The molecular weight excluding hydrogens is 367 g/mol. The Labute approximate surface area is 150 Å². The third kappa shape index (κ3) is 3.84. The van der Waals surface area contributed by atoms with Crippen molar-refractivity contribution in [2.75, 3.05) is 18.4 Å². The van der Waals surface area contributed by atoms with E-state index >= 15 is 0 Å². The number of carbonyl (C=O) groups excluding carboxylic acids is 1. The summed E-state index contributed by atoms with van der Waals surface area (Å²) in [6.45, 7) is 0.728. The van der Waals surface area contributed by atoms with Crippen LogP contribution in [0.1, 0.15) is 23.2 Å². The van der Waals surface area contributed by atoms with E-state index in [0.29, 0.717) is 23.8 Å². The van der Waals surface area contributed by atoms with Crippen LogP contribution >= 0.6 is 11.6 Å². The highest BCUT2D eigenvalue weighted by Gasteiger charge is 2.30. The zero-order valence-electron chi connectivity index (χ0n) is 13.2. The summed E-state index contributed by atoms with van der Waals surface area (Å²) >= 11 is 5.79. The summed E-state index contributed by atoms with van der Waals surface area (Å²) in [7, 11) is -3.94. The van der Waals surface area contributed by atoms with Crippen molar-refractivity contribution in [1.82, 2.24) is 4.31 Å². The van der Waals surface area contributed by atoms with Crippen molar-refractivity contribution < 1.29 is 17.6 Å². The Morgan fingerprint density at radius 3 is 2.36 bits per heavy atom. The molecule has 0 aliphatic carbocycles.